The molecule has 2 N–H and O–H groups in total. The Bertz CT molecular complexity index is 562. The summed E-state index contributed by atoms with van der Waals surface area (Å²) in [6.07, 6.45) is 7.27. The van der Waals surface area contributed by atoms with Crippen LogP contribution in [0.5, 0.6) is 0 Å². The number of hydrogen-bond acceptors (Lipinski definition) is 3. The number of benzene rings is 1. The van der Waals surface area contributed by atoms with E-state index in [1.54, 1.807) is 12.2 Å². The van der Waals surface area contributed by atoms with E-state index in [9.17, 15) is 9.59 Å². The molecule has 0 unspecified atom stereocenters. The monoisotopic (exact) mass is 285 g/mol. The van der Waals surface area contributed by atoms with Gasteiger partial charge in [-0.05, 0) is 17.7 Å². The summed E-state index contributed by atoms with van der Waals surface area (Å²) in [5, 5.41) is 5.63. The third-order valence-electron chi connectivity index (χ3n) is 3.10. The maximum Gasteiger partial charge on any atom is 0.220 e. The smallest absolute Gasteiger partial charge is 0.220 e. The van der Waals surface area contributed by atoms with Gasteiger partial charge in [0.05, 0.1) is 0 Å². The Balaban J connectivity index is 2.30. The third kappa shape index (κ3) is 3.72. The van der Waals surface area contributed by atoms with E-state index < -0.39 is 5.79 Å². The summed E-state index contributed by atoms with van der Waals surface area (Å²) in [5.74, 6) is -1.48. The molecule has 0 spiro atoms. The summed E-state index contributed by atoms with van der Waals surface area (Å²) >= 11 is 0. The molecule has 0 saturated carbocycles. The van der Waals surface area contributed by atoms with Crippen molar-refractivity contribution in [2.24, 2.45) is 0 Å². The molecule has 1 aliphatic rings. The third-order valence-corrected chi connectivity index (χ3v) is 3.10. The second-order valence-electron chi connectivity index (χ2n) is 4.94. The molecular formula is C16H19N3O2. The van der Waals surface area contributed by atoms with Gasteiger partial charge in [0.2, 0.25) is 17.6 Å². The number of allylic oxidation sites excluding steroid dienone is 2. The highest BCUT2D eigenvalue weighted by Gasteiger charge is 2.35. The van der Waals surface area contributed by atoms with Gasteiger partial charge in [0.15, 0.2) is 0 Å². The molecule has 0 aliphatic carbocycles. The minimum Gasteiger partial charge on any atom is -0.331 e. The minimum absolute atomic E-state index is 0.221. The lowest BCUT2D eigenvalue weighted by molar-refractivity contribution is -0.127. The Hall–Kier alpha value is -2.56. The van der Waals surface area contributed by atoms with Crippen molar-refractivity contribution >= 4 is 11.8 Å². The maximum atomic E-state index is 11.5. The zero-order chi connectivity index (χ0) is 15.3. The van der Waals surface area contributed by atoms with Gasteiger partial charge in [-0.2, -0.15) is 0 Å². The molecule has 0 fully saturated rings. The van der Waals surface area contributed by atoms with Gasteiger partial charge in [-0.1, -0.05) is 36.4 Å². The van der Waals surface area contributed by atoms with E-state index >= 15 is 0 Å². The van der Waals surface area contributed by atoms with Gasteiger partial charge in [-0.15, -0.1) is 0 Å². The average molecular weight is 285 g/mol. The van der Waals surface area contributed by atoms with Gasteiger partial charge < -0.3 is 15.5 Å². The number of nitrogens with zero attached hydrogens (tertiary/aromatic N) is 1. The summed E-state index contributed by atoms with van der Waals surface area (Å²) in [5.41, 5.74) is 1.08. The summed E-state index contributed by atoms with van der Waals surface area (Å²) in [6, 6.07) is 9.86. The van der Waals surface area contributed by atoms with Crippen LogP contribution in [-0.4, -0.2) is 22.5 Å². The standard InChI is InChI=1S/C16H19N3O2/c1-13(20)17-16(18-14(2)21)10-6-7-11-19(16)12-15-8-4-3-5-9-15/h3-11H,12H2,1-2H3,(H,17,20)(H,18,21). The Morgan fingerprint density at radius 2 is 1.67 bits per heavy atom. The first-order chi connectivity index (χ1) is 10.0. The average Bonchev–Trinajstić information content (AvgIpc) is 2.41. The predicted octanol–water partition coefficient (Wildman–Crippen LogP) is 1.50. The number of nitrogens with one attached hydrogen (secondary N) is 2. The Morgan fingerprint density at radius 3 is 2.24 bits per heavy atom. The highest BCUT2D eigenvalue weighted by atomic mass is 16.2. The van der Waals surface area contributed by atoms with Crippen LogP contribution in [0.4, 0.5) is 0 Å². The molecule has 2 amide bonds. The van der Waals surface area contributed by atoms with Crippen LogP contribution >= 0.6 is 0 Å². The summed E-state index contributed by atoms with van der Waals surface area (Å²) in [7, 11) is 0. The van der Waals surface area contributed by atoms with Crippen molar-refractivity contribution in [3.8, 4) is 0 Å². The summed E-state index contributed by atoms with van der Waals surface area (Å²) in [4.78, 5) is 25.0. The fourth-order valence-electron chi connectivity index (χ4n) is 2.31. The molecule has 0 bridgehead atoms. The molecule has 1 aliphatic heterocycles. The van der Waals surface area contributed by atoms with Crippen molar-refractivity contribution in [2.45, 2.75) is 26.2 Å². The van der Waals surface area contributed by atoms with Crippen LogP contribution in [0.1, 0.15) is 19.4 Å². The Morgan fingerprint density at radius 1 is 1.05 bits per heavy atom. The largest absolute Gasteiger partial charge is 0.331 e. The first-order valence-electron chi connectivity index (χ1n) is 6.76. The lowest BCUT2D eigenvalue weighted by Gasteiger charge is -2.43. The molecule has 5 heteroatoms. The van der Waals surface area contributed by atoms with Gasteiger partial charge in [0.1, 0.15) is 0 Å². The van der Waals surface area contributed by atoms with Gasteiger partial charge in [0.25, 0.3) is 0 Å². The Kier molecular flexibility index (Phi) is 4.42. The SMILES string of the molecule is CC(=O)NC1(NC(C)=O)C=CC=CN1Cc1ccccc1. The van der Waals surface area contributed by atoms with E-state index in [2.05, 4.69) is 10.6 Å². The molecule has 5 nitrogen and oxygen atoms in total. The highest BCUT2D eigenvalue weighted by Crippen LogP contribution is 2.20. The lowest BCUT2D eigenvalue weighted by atomic mass is 10.1. The lowest BCUT2D eigenvalue weighted by Crippen LogP contribution is -2.67. The quantitative estimate of drug-likeness (QED) is 0.824. The van der Waals surface area contributed by atoms with Crippen LogP contribution in [0.3, 0.4) is 0 Å². The molecule has 0 aromatic heterocycles. The fourth-order valence-corrected chi connectivity index (χ4v) is 2.31. The number of amides is 2. The van der Waals surface area contributed by atoms with Gasteiger partial charge in [0, 0.05) is 26.6 Å². The van der Waals surface area contributed by atoms with Crippen LogP contribution in [0.15, 0.2) is 54.8 Å². The van der Waals surface area contributed by atoms with E-state index in [4.69, 9.17) is 0 Å². The van der Waals surface area contributed by atoms with Gasteiger partial charge in [-0.3, -0.25) is 9.59 Å². The van der Waals surface area contributed by atoms with Gasteiger partial charge in [-0.25, -0.2) is 0 Å². The van der Waals surface area contributed by atoms with Crippen molar-refractivity contribution in [1.82, 2.24) is 15.5 Å². The van der Waals surface area contributed by atoms with E-state index in [0.717, 1.165) is 5.56 Å². The summed E-state index contributed by atoms with van der Waals surface area (Å²) in [6.45, 7) is 3.41. The number of carbonyl (C=O) groups is 2. The van der Waals surface area contributed by atoms with Crippen molar-refractivity contribution in [3.05, 3.63) is 60.3 Å². The van der Waals surface area contributed by atoms with Crippen molar-refractivity contribution in [3.63, 3.8) is 0 Å². The fraction of sp³-hybridized carbons (Fsp3) is 0.250. The van der Waals surface area contributed by atoms with Gasteiger partial charge >= 0.3 is 0 Å². The number of carbonyl (C=O) groups excluding carboxylic acids is 2. The molecule has 1 heterocycles. The van der Waals surface area contributed by atoms with Crippen molar-refractivity contribution < 1.29 is 9.59 Å². The van der Waals surface area contributed by atoms with Crippen molar-refractivity contribution in [2.75, 3.05) is 0 Å². The molecule has 1 aromatic carbocycles. The first kappa shape index (κ1) is 14.8. The molecule has 1 aromatic rings. The molecular weight excluding hydrogens is 266 g/mol. The van der Waals surface area contributed by atoms with Crippen LogP contribution in [0, 0.1) is 0 Å². The van der Waals surface area contributed by atoms with Crippen molar-refractivity contribution in [1.29, 1.82) is 0 Å². The normalized spacial score (nSPS) is 15.6. The van der Waals surface area contributed by atoms with E-state index in [1.165, 1.54) is 13.8 Å². The predicted molar refractivity (Wildman–Crippen MR) is 80.6 cm³/mol. The zero-order valence-corrected chi connectivity index (χ0v) is 12.2. The number of hydrogen-bond donors (Lipinski definition) is 2. The molecule has 21 heavy (non-hydrogen) atoms. The minimum atomic E-state index is -1.04. The van der Waals surface area contributed by atoms with Crippen LogP contribution in [-0.2, 0) is 16.1 Å². The van der Waals surface area contributed by atoms with Crippen LogP contribution < -0.4 is 10.6 Å². The molecule has 0 atom stereocenters. The maximum absolute atomic E-state index is 11.5. The molecule has 0 radical (unpaired) electrons. The van der Waals surface area contributed by atoms with Crippen LogP contribution in [0.2, 0.25) is 0 Å². The highest BCUT2D eigenvalue weighted by molar-refractivity contribution is 5.78. The second kappa shape index (κ2) is 6.26. The molecule has 110 valence electrons. The van der Waals surface area contributed by atoms with E-state index in [-0.39, 0.29) is 11.8 Å². The van der Waals surface area contributed by atoms with E-state index in [1.807, 2.05) is 47.5 Å². The molecule has 0 saturated heterocycles. The first-order valence-corrected chi connectivity index (χ1v) is 6.76. The zero-order valence-electron chi connectivity index (χ0n) is 12.2. The summed E-state index contributed by atoms with van der Waals surface area (Å²) < 4.78 is 0. The molecule has 2 rings (SSSR count). The van der Waals surface area contributed by atoms with Crippen LogP contribution in [0.25, 0.3) is 0 Å². The number of rotatable bonds is 4. The second-order valence-corrected chi connectivity index (χ2v) is 4.94. The van der Waals surface area contributed by atoms with E-state index in [0.29, 0.717) is 6.54 Å². The Labute approximate surface area is 124 Å². The topological polar surface area (TPSA) is 61.4 Å².